The Hall–Kier alpha value is -1.62. The zero-order valence-corrected chi connectivity index (χ0v) is 13.2. The first-order valence-electron chi connectivity index (χ1n) is 7.93. The summed E-state index contributed by atoms with van der Waals surface area (Å²) in [6.07, 6.45) is 0. The van der Waals surface area contributed by atoms with Crippen LogP contribution in [0.2, 0.25) is 0 Å². The first kappa shape index (κ1) is 15.3. The van der Waals surface area contributed by atoms with E-state index in [1.54, 1.807) is 0 Å². The number of hydrogen-bond donors (Lipinski definition) is 1. The summed E-state index contributed by atoms with van der Waals surface area (Å²) in [5.74, 6) is 1.95. The molecule has 4 nitrogen and oxygen atoms in total. The average molecular weight is 300 g/mol. The molecule has 1 aliphatic heterocycles. The van der Waals surface area contributed by atoms with Crippen LogP contribution < -0.4 is 5.32 Å². The maximum Gasteiger partial charge on any atom is 0.117 e. The van der Waals surface area contributed by atoms with E-state index in [0.29, 0.717) is 0 Å². The van der Waals surface area contributed by atoms with Crippen LogP contribution >= 0.6 is 0 Å². The maximum absolute atomic E-state index is 5.55. The van der Waals surface area contributed by atoms with Crippen LogP contribution in [0, 0.1) is 6.92 Å². The average Bonchev–Trinajstić information content (AvgIpc) is 2.96. The molecule has 0 unspecified atom stereocenters. The van der Waals surface area contributed by atoms with Gasteiger partial charge in [-0.05, 0) is 30.2 Å². The third kappa shape index (κ3) is 4.44. The second-order valence-corrected chi connectivity index (χ2v) is 5.82. The van der Waals surface area contributed by atoms with E-state index in [9.17, 15) is 0 Å². The van der Waals surface area contributed by atoms with Gasteiger partial charge < -0.3 is 14.5 Å². The Kier molecular flexibility index (Phi) is 5.27. The first-order valence-corrected chi connectivity index (χ1v) is 7.93. The minimum Gasteiger partial charge on any atom is -0.465 e. The van der Waals surface area contributed by atoms with Gasteiger partial charge in [-0.1, -0.05) is 24.3 Å². The van der Waals surface area contributed by atoms with Gasteiger partial charge in [0.05, 0.1) is 19.8 Å². The SMILES string of the molecule is Cc1ccc(CNCc2ccc(CN3CCOCC3)cc2)o1. The van der Waals surface area contributed by atoms with Crippen molar-refractivity contribution in [1.82, 2.24) is 10.2 Å². The molecule has 0 amide bonds. The number of aryl methyl sites for hydroxylation is 1. The first-order chi connectivity index (χ1) is 10.8. The van der Waals surface area contributed by atoms with Gasteiger partial charge in [-0.3, -0.25) is 4.90 Å². The molecular weight excluding hydrogens is 276 g/mol. The lowest BCUT2D eigenvalue weighted by Gasteiger charge is -2.26. The fraction of sp³-hybridized carbons (Fsp3) is 0.444. The van der Waals surface area contributed by atoms with Gasteiger partial charge in [-0.2, -0.15) is 0 Å². The van der Waals surface area contributed by atoms with Crippen molar-refractivity contribution >= 4 is 0 Å². The van der Waals surface area contributed by atoms with E-state index in [-0.39, 0.29) is 0 Å². The number of benzene rings is 1. The van der Waals surface area contributed by atoms with Crippen LogP contribution in [-0.2, 0) is 24.4 Å². The summed E-state index contributed by atoms with van der Waals surface area (Å²) < 4.78 is 10.9. The number of furan rings is 1. The summed E-state index contributed by atoms with van der Waals surface area (Å²) in [7, 11) is 0. The van der Waals surface area contributed by atoms with Crippen LogP contribution in [0.15, 0.2) is 40.8 Å². The van der Waals surface area contributed by atoms with E-state index in [1.807, 2.05) is 19.1 Å². The summed E-state index contributed by atoms with van der Waals surface area (Å²) in [6.45, 7) is 8.39. The molecule has 0 atom stereocenters. The topological polar surface area (TPSA) is 37.6 Å². The third-order valence-corrected chi connectivity index (χ3v) is 3.96. The highest BCUT2D eigenvalue weighted by atomic mass is 16.5. The number of ether oxygens (including phenoxy) is 1. The van der Waals surface area contributed by atoms with E-state index in [1.165, 1.54) is 11.1 Å². The Balaban J connectivity index is 1.44. The molecular formula is C18H24N2O2. The van der Waals surface area contributed by atoms with Gasteiger partial charge >= 0.3 is 0 Å². The number of nitrogens with one attached hydrogen (secondary N) is 1. The number of nitrogens with zero attached hydrogens (tertiary/aromatic N) is 1. The summed E-state index contributed by atoms with van der Waals surface area (Å²) in [5, 5.41) is 3.41. The van der Waals surface area contributed by atoms with E-state index < -0.39 is 0 Å². The summed E-state index contributed by atoms with van der Waals surface area (Å²) in [6, 6.07) is 12.9. The van der Waals surface area contributed by atoms with Crippen LogP contribution in [0.3, 0.4) is 0 Å². The molecule has 1 aromatic heterocycles. The molecule has 1 fully saturated rings. The molecule has 1 aliphatic rings. The van der Waals surface area contributed by atoms with Gasteiger partial charge in [0.2, 0.25) is 0 Å². The predicted molar refractivity (Wildman–Crippen MR) is 86.5 cm³/mol. The number of rotatable bonds is 6. The second kappa shape index (κ2) is 7.58. The fourth-order valence-corrected chi connectivity index (χ4v) is 2.69. The van der Waals surface area contributed by atoms with E-state index >= 15 is 0 Å². The van der Waals surface area contributed by atoms with Gasteiger partial charge in [0.25, 0.3) is 0 Å². The van der Waals surface area contributed by atoms with E-state index in [0.717, 1.165) is 57.5 Å². The molecule has 0 radical (unpaired) electrons. The molecule has 4 heteroatoms. The molecule has 0 bridgehead atoms. The van der Waals surface area contributed by atoms with Gasteiger partial charge in [0.1, 0.15) is 11.5 Å². The molecule has 1 aromatic carbocycles. The molecule has 1 N–H and O–H groups in total. The minimum absolute atomic E-state index is 0.767. The lowest BCUT2D eigenvalue weighted by molar-refractivity contribution is 0.0342. The van der Waals surface area contributed by atoms with Crippen LogP contribution in [-0.4, -0.2) is 31.2 Å². The zero-order chi connectivity index (χ0) is 15.2. The van der Waals surface area contributed by atoms with Gasteiger partial charge in [-0.25, -0.2) is 0 Å². The fourth-order valence-electron chi connectivity index (χ4n) is 2.69. The van der Waals surface area contributed by atoms with Gasteiger partial charge in [-0.15, -0.1) is 0 Å². The summed E-state index contributed by atoms with van der Waals surface area (Å²) in [4.78, 5) is 2.44. The van der Waals surface area contributed by atoms with E-state index in [4.69, 9.17) is 9.15 Å². The van der Waals surface area contributed by atoms with Crippen molar-refractivity contribution in [3.63, 3.8) is 0 Å². The van der Waals surface area contributed by atoms with Crippen molar-refractivity contribution in [2.24, 2.45) is 0 Å². The second-order valence-electron chi connectivity index (χ2n) is 5.82. The monoisotopic (exact) mass is 300 g/mol. The molecule has 1 saturated heterocycles. The number of hydrogen-bond acceptors (Lipinski definition) is 4. The highest BCUT2D eigenvalue weighted by Crippen LogP contribution is 2.10. The van der Waals surface area contributed by atoms with Crippen molar-refractivity contribution < 1.29 is 9.15 Å². The molecule has 118 valence electrons. The Morgan fingerprint density at radius 3 is 2.36 bits per heavy atom. The largest absolute Gasteiger partial charge is 0.465 e. The van der Waals surface area contributed by atoms with Crippen molar-refractivity contribution in [2.75, 3.05) is 26.3 Å². The molecule has 3 rings (SSSR count). The predicted octanol–water partition coefficient (Wildman–Crippen LogP) is 2.71. The highest BCUT2D eigenvalue weighted by Gasteiger charge is 2.10. The van der Waals surface area contributed by atoms with Crippen molar-refractivity contribution in [3.8, 4) is 0 Å². The molecule has 2 heterocycles. The van der Waals surface area contributed by atoms with Crippen molar-refractivity contribution in [1.29, 1.82) is 0 Å². The van der Waals surface area contributed by atoms with Gasteiger partial charge in [0, 0.05) is 26.2 Å². The van der Waals surface area contributed by atoms with Crippen LogP contribution in [0.4, 0.5) is 0 Å². The normalized spacial score (nSPS) is 16.0. The summed E-state index contributed by atoms with van der Waals surface area (Å²) >= 11 is 0. The maximum atomic E-state index is 5.55. The molecule has 22 heavy (non-hydrogen) atoms. The Bertz CT molecular complexity index is 571. The Morgan fingerprint density at radius 1 is 0.955 bits per heavy atom. The number of morpholine rings is 1. The Morgan fingerprint density at radius 2 is 1.68 bits per heavy atom. The molecule has 0 spiro atoms. The quantitative estimate of drug-likeness (QED) is 0.890. The standard InChI is InChI=1S/C18H24N2O2/c1-15-2-7-18(22-15)13-19-12-16-3-5-17(6-4-16)14-20-8-10-21-11-9-20/h2-7,19H,8-14H2,1H3. The highest BCUT2D eigenvalue weighted by molar-refractivity contribution is 5.22. The smallest absolute Gasteiger partial charge is 0.117 e. The lowest BCUT2D eigenvalue weighted by atomic mass is 10.1. The van der Waals surface area contributed by atoms with E-state index in [2.05, 4.69) is 34.5 Å². The zero-order valence-electron chi connectivity index (χ0n) is 13.2. The lowest BCUT2D eigenvalue weighted by Crippen LogP contribution is -2.35. The van der Waals surface area contributed by atoms with Crippen molar-refractivity contribution in [2.45, 2.75) is 26.6 Å². The van der Waals surface area contributed by atoms with Gasteiger partial charge in [0.15, 0.2) is 0 Å². The minimum atomic E-state index is 0.767. The molecule has 0 saturated carbocycles. The van der Waals surface area contributed by atoms with Crippen LogP contribution in [0.5, 0.6) is 0 Å². The van der Waals surface area contributed by atoms with Crippen LogP contribution in [0.25, 0.3) is 0 Å². The Labute approximate surface area is 132 Å². The van der Waals surface area contributed by atoms with Crippen LogP contribution in [0.1, 0.15) is 22.6 Å². The molecule has 0 aliphatic carbocycles. The van der Waals surface area contributed by atoms with Crippen molar-refractivity contribution in [3.05, 3.63) is 59.0 Å². The summed E-state index contributed by atoms with van der Waals surface area (Å²) in [5.41, 5.74) is 2.67. The third-order valence-electron chi connectivity index (χ3n) is 3.96. The molecule has 2 aromatic rings.